The second-order valence-electron chi connectivity index (χ2n) is 7.14. The first-order chi connectivity index (χ1) is 14.8. The smallest absolute Gasteiger partial charge is 0.325 e. The maximum absolute atomic E-state index is 13.0. The molecule has 1 fully saturated rings. The van der Waals surface area contributed by atoms with Gasteiger partial charge in [-0.05, 0) is 42.3 Å². The molecule has 1 aliphatic rings. The van der Waals surface area contributed by atoms with Gasteiger partial charge in [0, 0.05) is 6.54 Å². The van der Waals surface area contributed by atoms with Crippen molar-refractivity contribution in [2.45, 2.75) is 19.0 Å². The Balaban J connectivity index is 1.68. The van der Waals surface area contributed by atoms with E-state index in [2.05, 4.69) is 10.6 Å². The number of hydrogen-bond acceptors (Lipinski definition) is 6. The predicted octanol–water partition coefficient (Wildman–Crippen LogP) is 1.80. The number of amides is 4. The highest BCUT2D eigenvalue weighted by Gasteiger charge is 2.49. The monoisotopic (exact) mass is 427 g/mol. The molecule has 0 aliphatic carbocycles. The molecule has 4 amide bonds. The summed E-state index contributed by atoms with van der Waals surface area (Å²) in [5.41, 5.74) is 0.0542. The lowest BCUT2D eigenvalue weighted by molar-refractivity contribution is -0.134. The number of benzene rings is 2. The molecule has 9 heteroatoms. The van der Waals surface area contributed by atoms with Crippen LogP contribution in [0.4, 0.5) is 4.79 Å². The number of methoxy groups -OCH3 is 3. The molecule has 0 bridgehead atoms. The van der Waals surface area contributed by atoms with Crippen molar-refractivity contribution in [2.24, 2.45) is 0 Å². The van der Waals surface area contributed by atoms with Crippen LogP contribution in [0.3, 0.4) is 0 Å². The normalized spacial score (nSPS) is 17.9. The lowest BCUT2D eigenvalue weighted by Crippen LogP contribution is -2.43. The third-order valence-corrected chi connectivity index (χ3v) is 5.19. The average Bonchev–Trinajstić information content (AvgIpc) is 3.01. The molecule has 3 rings (SSSR count). The van der Waals surface area contributed by atoms with Gasteiger partial charge in [-0.2, -0.15) is 0 Å². The highest BCUT2D eigenvalue weighted by Crippen LogP contribution is 2.35. The van der Waals surface area contributed by atoms with Gasteiger partial charge in [0.25, 0.3) is 5.91 Å². The highest BCUT2D eigenvalue weighted by atomic mass is 16.5. The summed E-state index contributed by atoms with van der Waals surface area (Å²) in [5, 5.41) is 5.39. The Hall–Kier alpha value is -3.75. The molecule has 0 radical (unpaired) electrons. The van der Waals surface area contributed by atoms with E-state index in [0.29, 0.717) is 22.8 Å². The number of nitrogens with one attached hydrogen (secondary N) is 2. The van der Waals surface area contributed by atoms with Crippen LogP contribution in [0.5, 0.6) is 17.2 Å². The van der Waals surface area contributed by atoms with Gasteiger partial charge < -0.3 is 24.8 Å². The molecular weight excluding hydrogens is 402 g/mol. The van der Waals surface area contributed by atoms with Gasteiger partial charge in [-0.25, -0.2) is 4.79 Å². The van der Waals surface area contributed by atoms with Crippen molar-refractivity contribution in [3.63, 3.8) is 0 Å². The van der Waals surface area contributed by atoms with Crippen LogP contribution in [0.25, 0.3) is 0 Å². The van der Waals surface area contributed by atoms with Gasteiger partial charge in [0.2, 0.25) is 5.91 Å². The van der Waals surface area contributed by atoms with Crippen LogP contribution in [0, 0.1) is 0 Å². The minimum Gasteiger partial charge on any atom is -0.497 e. The van der Waals surface area contributed by atoms with Crippen LogP contribution in [0.2, 0.25) is 0 Å². The van der Waals surface area contributed by atoms with Crippen molar-refractivity contribution in [3.05, 3.63) is 53.6 Å². The van der Waals surface area contributed by atoms with Crippen molar-refractivity contribution in [2.75, 3.05) is 27.9 Å². The number of carbonyl (C=O) groups is 3. The number of rotatable bonds is 8. The fourth-order valence-electron chi connectivity index (χ4n) is 3.33. The van der Waals surface area contributed by atoms with Gasteiger partial charge in [-0.1, -0.05) is 18.2 Å². The predicted molar refractivity (Wildman–Crippen MR) is 112 cm³/mol. The van der Waals surface area contributed by atoms with E-state index in [1.54, 1.807) is 44.4 Å². The summed E-state index contributed by atoms with van der Waals surface area (Å²) in [4.78, 5) is 38.8. The van der Waals surface area contributed by atoms with Gasteiger partial charge in [0.05, 0.1) is 21.3 Å². The summed E-state index contributed by atoms with van der Waals surface area (Å²) in [7, 11) is 4.57. The third kappa shape index (κ3) is 4.40. The van der Waals surface area contributed by atoms with E-state index in [1.165, 1.54) is 14.2 Å². The van der Waals surface area contributed by atoms with Crippen molar-refractivity contribution in [1.29, 1.82) is 0 Å². The first-order valence-electron chi connectivity index (χ1n) is 9.58. The number of imide groups is 1. The Kier molecular flexibility index (Phi) is 6.33. The van der Waals surface area contributed by atoms with Gasteiger partial charge in [0.1, 0.15) is 17.8 Å². The number of urea groups is 1. The van der Waals surface area contributed by atoms with E-state index in [9.17, 15) is 14.4 Å². The average molecular weight is 427 g/mol. The first-order valence-corrected chi connectivity index (χ1v) is 9.58. The Morgan fingerprint density at radius 1 is 1.00 bits per heavy atom. The maximum Gasteiger partial charge on any atom is 0.325 e. The summed E-state index contributed by atoms with van der Waals surface area (Å²) < 4.78 is 15.6. The van der Waals surface area contributed by atoms with E-state index < -0.39 is 23.4 Å². The quantitative estimate of drug-likeness (QED) is 0.623. The second kappa shape index (κ2) is 8.95. The molecule has 164 valence electrons. The largest absolute Gasteiger partial charge is 0.497 e. The molecule has 0 spiro atoms. The molecule has 1 heterocycles. The maximum atomic E-state index is 13.0. The lowest BCUT2D eigenvalue weighted by atomic mass is 9.91. The van der Waals surface area contributed by atoms with Gasteiger partial charge >= 0.3 is 6.03 Å². The minimum atomic E-state index is -1.33. The van der Waals surface area contributed by atoms with Crippen LogP contribution in [0.15, 0.2) is 42.5 Å². The molecule has 9 nitrogen and oxygen atoms in total. The molecule has 1 saturated heterocycles. The summed E-state index contributed by atoms with van der Waals surface area (Å²) in [6.45, 7) is 1.47. The Bertz CT molecular complexity index is 991. The van der Waals surface area contributed by atoms with E-state index in [0.717, 1.165) is 10.5 Å². The molecule has 0 unspecified atom stereocenters. The van der Waals surface area contributed by atoms with Crippen molar-refractivity contribution in [1.82, 2.24) is 15.5 Å². The SMILES string of the molecule is COc1ccc(CNC(=O)CN2C(=O)N[C@](C)(c3ccc(OC)c(OC)c3)C2=O)cc1. The van der Waals surface area contributed by atoms with Crippen LogP contribution in [-0.4, -0.2) is 50.6 Å². The minimum absolute atomic E-state index is 0.263. The van der Waals surface area contributed by atoms with E-state index in [-0.39, 0.29) is 13.1 Å². The fourth-order valence-corrected chi connectivity index (χ4v) is 3.33. The van der Waals surface area contributed by atoms with Gasteiger partial charge in [0.15, 0.2) is 11.5 Å². The summed E-state index contributed by atoms with van der Waals surface area (Å²) in [5.74, 6) is 0.671. The molecule has 0 aromatic heterocycles. The lowest BCUT2D eigenvalue weighted by Gasteiger charge is -2.23. The fraction of sp³-hybridized carbons (Fsp3) is 0.318. The molecule has 1 atom stereocenters. The molecule has 1 aliphatic heterocycles. The number of carbonyl (C=O) groups excluding carboxylic acids is 3. The number of nitrogens with zero attached hydrogens (tertiary/aromatic N) is 1. The van der Waals surface area contributed by atoms with Gasteiger partial charge in [-0.3, -0.25) is 14.5 Å². The van der Waals surface area contributed by atoms with Gasteiger partial charge in [-0.15, -0.1) is 0 Å². The zero-order valence-corrected chi connectivity index (χ0v) is 17.9. The van der Waals surface area contributed by atoms with Crippen molar-refractivity contribution < 1.29 is 28.6 Å². The Morgan fingerprint density at radius 2 is 1.68 bits per heavy atom. The first kappa shape index (κ1) is 21.9. The Morgan fingerprint density at radius 3 is 2.29 bits per heavy atom. The Labute approximate surface area is 180 Å². The standard InChI is InChI=1S/C22H25N3O6/c1-22(15-7-10-17(30-3)18(11-15)31-4)20(27)25(21(28)24-22)13-19(26)23-12-14-5-8-16(29-2)9-6-14/h5-11H,12-13H2,1-4H3,(H,23,26)(H,24,28)/t22-/m1/s1. The second-order valence-corrected chi connectivity index (χ2v) is 7.14. The number of ether oxygens (including phenoxy) is 3. The van der Waals surface area contributed by atoms with E-state index in [1.807, 2.05) is 12.1 Å². The zero-order chi connectivity index (χ0) is 22.6. The summed E-state index contributed by atoms with van der Waals surface area (Å²) in [6, 6.07) is 11.5. The van der Waals surface area contributed by atoms with E-state index in [4.69, 9.17) is 14.2 Å². The molecule has 0 saturated carbocycles. The van der Waals surface area contributed by atoms with Crippen LogP contribution in [-0.2, 0) is 21.7 Å². The molecule has 2 N–H and O–H groups in total. The van der Waals surface area contributed by atoms with E-state index >= 15 is 0 Å². The zero-order valence-electron chi connectivity index (χ0n) is 17.9. The molecular formula is C22H25N3O6. The molecule has 2 aromatic rings. The van der Waals surface area contributed by atoms with Crippen molar-refractivity contribution in [3.8, 4) is 17.2 Å². The van der Waals surface area contributed by atoms with Crippen LogP contribution >= 0.6 is 0 Å². The number of hydrogen-bond donors (Lipinski definition) is 2. The topological polar surface area (TPSA) is 106 Å². The summed E-state index contributed by atoms with van der Waals surface area (Å²) >= 11 is 0. The van der Waals surface area contributed by atoms with Crippen LogP contribution < -0.4 is 24.8 Å². The molecule has 31 heavy (non-hydrogen) atoms. The van der Waals surface area contributed by atoms with Crippen LogP contribution in [0.1, 0.15) is 18.1 Å². The highest BCUT2D eigenvalue weighted by molar-refractivity contribution is 6.09. The summed E-state index contributed by atoms with van der Waals surface area (Å²) in [6.07, 6.45) is 0. The third-order valence-electron chi connectivity index (χ3n) is 5.19. The molecule has 2 aromatic carbocycles. The van der Waals surface area contributed by atoms with Crippen molar-refractivity contribution >= 4 is 17.8 Å².